The van der Waals surface area contributed by atoms with Gasteiger partial charge in [-0.2, -0.15) is 0 Å². The second kappa shape index (κ2) is 7.03. The predicted molar refractivity (Wildman–Crippen MR) is 72.3 cm³/mol. The number of nitrogens with one attached hydrogen (secondary N) is 2. The van der Waals surface area contributed by atoms with Crippen molar-refractivity contribution in [3.8, 4) is 0 Å². The van der Waals surface area contributed by atoms with E-state index in [-0.39, 0.29) is 5.92 Å². The fraction of sp³-hybridized carbons (Fsp3) is 0.636. The Morgan fingerprint density at radius 1 is 1.37 bits per heavy atom. The van der Waals surface area contributed by atoms with Crippen LogP contribution in [0.2, 0.25) is 0 Å². The van der Waals surface area contributed by atoms with E-state index in [0.717, 1.165) is 11.4 Å². The number of aliphatic carboxylic acids is 1. The summed E-state index contributed by atoms with van der Waals surface area (Å²) in [7, 11) is 0. The Labute approximate surface area is 115 Å². The van der Waals surface area contributed by atoms with E-state index in [1.54, 1.807) is 0 Å². The molecule has 8 heteroatoms. The minimum atomic E-state index is -1.05. The minimum Gasteiger partial charge on any atom is -0.480 e. The molecule has 0 aliphatic heterocycles. The van der Waals surface area contributed by atoms with Crippen molar-refractivity contribution in [2.45, 2.75) is 39.7 Å². The first-order valence-corrected chi connectivity index (χ1v) is 6.86. The number of hydrogen-bond acceptors (Lipinski definition) is 5. The molecular formula is C11H18N4O3S. The van der Waals surface area contributed by atoms with Crippen LogP contribution in [0.15, 0.2) is 0 Å². The van der Waals surface area contributed by atoms with Crippen LogP contribution in [0.3, 0.4) is 0 Å². The molecule has 1 heterocycles. The van der Waals surface area contributed by atoms with Crippen LogP contribution in [-0.2, 0) is 11.2 Å². The van der Waals surface area contributed by atoms with Crippen molar-refractivity contribution >= 4 is 28.5 Å². The van der Waals surface area contributed by atoms with Gasteiger partial charge in [-0.05, 0) is 18.8 Å². The van der Waals surface area contributed by atoms with E-state index in [9.17, 15) is 9.59 Å². The molecule has 1 aromatic rings. The highest BCUT2D eigenvalue weighted by Gasteiger charge is 2.21. The third-order valence-corrected chi connectivity index (χ3v) is 3.28. The number of amides is 2. The molecule has 0 fully saturated rings. The van der Waals surface area contributed by atoms with Crippen molar-refractivity contribution < 1.29 is 14.7 Å². The predicted octanol–water partition coefficient (Wildman–Crippen LogP) is 1.72. The molecule has 0 aliphatic rings. The van der Waals surface area contributed by atoms with Gasteiger partial charge in [0, 0.05) is 0 Å². The van der Waals surface area contributed by atoms with Crippen LogP contribution in [0.1, 0.15) is 32.2 Å². The van der Waals surface area contributed by atoms with Crippen molar-refractivity contribution in [1.82, 2.24) is 15.5 Å². The molecule has 0 bridgehead atoms. The largest absolute Gasteiger partial charge is 0.480 e. The number of carboxylic acid groups (broad SMARTS) is 1. The van der Waals surface area contributed by atoms with E-state index in [4.69, 9.17) is 5.11 Å². The lowest BCUT2D eigenvalue weighted by Gasteiger charge is -2.16. The number of rotatable bonds is 6. The number of anilines is 1. The van der Waals surface area contributed by atoms with E-state index in [2.05, 4.69) is 20.8 Å². The molecule has 0 radical (unpaired) electrons. The lowest BCUT2D eigenvalue weighted by atomic mass is 10.0. The average molecular weight is 286 g/mol. The summed E-state index contributed by atoms with van der Waals surface area (Å²) in [5.41, 5.74) is 0. The van der Waals surface area contributed by atoms with E-state index in [1.165, 1.54) is 11.3 Å². The number of hydrogen-bond donors (Lipinski definition) is 3. The molecular weight excluding hydrogens is 268 g/mol. The zero-order chi connectivity index (χ0) is 14.4. The van der Waals surface area contributed by atoms with E-state index >= 15 is 0 Å². The van der Waals surface area contributed by atoms with Gasteiger partial charge in [0.05, 0.1) is 0 Å². The Balaban J connectivity index is 2.54. The number of nitrogens with zero attached hydrogens (tertiary/aromatic N) is 2. The van der Waals surface area contributed by atoms with Gasteiger partial charge in [-0.15, -0.1) is 10.2 Å². The van der Waals surface area contributed by atoms with Crippen LogP contribution in [0, 0.1) is 5.92 Å². The summed E-state index contributed by atoms with van der Waals surface area (Å²) in [5, 5.41) is 22.7. The zero-order valence-corrected chi connectivity index (χ0v) is 12.0. The molecule has 0 saturated carbocycles. The maximum absolute atomic E-state index is 11.7. The first-order valence-electron chi connectivity index (χ1n) is 6.05. The second-order valence-electron chi connectivity index (χ2n) is 4.47. The molecule has 3 N–H and O–H groups in total. The standard InChI is InChI=1S/C11H18N4O3S/c1-4-8-14-15-11(19-8)13-10(18)12-7(9(16)17)5-6(2)3/h6-7H,4-5H2,1-3H3,(H,16,17)(H2,12,13,15,18). The van der Waals surface area contributed by atoms with Gasteiger partial charge in [-0.25, -0.2) is 9.59 Å². The lowest BCUT2D eigenvalue weighted by Crippen LogP contribution is -2.43. The third-order valence-electron chi connectivity index (χ3n) is 2.30. The molecule has 1 unspecified atom stereocenters. The molecule has 1 aromatic heterocycles. The second-order valence-corrected chi connectivity index (χ2v) is 5.54. The zero-order valence-electron chi connectivity index (χ0n) is 11.1. The number of aromatic nitrogens is 2. The summed E-state index contributed by atoms with van der Waals surface area (Å²) < 4.78 is 0. The topological polar surface area (TPSA) is 104 Å². The van der Waals surface area contributed by atoms with Crippen LogP contribution < -0.4 is 10.6 Å². The monoisotopic (exact) mass is 286 g/mol. The first-order chi connectivity index (χ1) is 8.92. The van der Waals surface area contributed by atoms with Gasteiger partial charge >= 0.3 is 12.0 Å². The Hall–Kier alpha value is -1.70. The fourth-order valence-corrected chi connectivity index (χ4v) is 2.11. The Kier molecular flexibility index (Phi) is 5.68. The Morgan fingerprint density at radius 3 is 2.53 bits per heavy atom. The van der Waals surface area contributed by atoms with Crippen LogP contribution in [0.4, 0.5) is 9.93 Å². The summed E-state index contributed by atoms with van der Waals surface area (Å²) in [5.74, 6) is -0.870. The quantitative estimate of drug-likeness (QED) is 0.738. The first kappa shape index (κ1) is 15.4. The SMILES string of the molecule is CCc1nnc(NC(=O)NC(CC(C)C)C(=O)O)s1. The summed E-state index contributed by atoms with van der Waals surface area (Å²) in [6.07, 6.45) is 1.12. The van der Waals surface area contributed by atoms with Crippen molar-refractivity contribution in [3.05, 3.63) is 5.01 Å². The highest BCUT2D eigenvalue weighted by molar-refractivity contribution is 7.15. The molecule has 2 amide bonds. The van der Waals surface area contributed by atoms with E-state index in [0.29, 0.717) is 11.6 Å². The highest BCUT2D eigenvalue weighted by Crippen LogP contribution is 2.15. The van der Waals surface area contributed by atoms with Crippen molar-refractivity contribution in [2.24, 2.45) is 5.92 Å². The smallest absolute Gasteiger partial charge is 0.326 e. The van der Waals surface area contributed by atoms with Crippen LogP contribution in [0.5, 0.6) is 0 Å². The number of carboxylic acids is 1. The number of carbonyl (C=O) groups is 2. The molecule has 0 aliphatic carbocycles. The number of carbonyl (C=O) groups excluding carboxylic acids is 1. The molecule has 106 valence electrons. The Bertz CT molecular complexity index is 447. The Morgan fingerprint density at radius 2 is 2.05 bits per heavy atom. The van der Waals surface area contributed by atoms with Crippen LogP contribution in [0.25, 0.3) is 0 Å². The third kappa shape index (κ3) is 5.21. The summed E-state index contributed by atoms with van der Waals surface area (Å²) >= 11 is 1.27. The minimum absolute atomic E-state index is 0.176. The van der Waals surface area contributed by atoms with Gasteiger partial charge in [0.2, 0.25) is 5.13 Å². The molecule has 0 saturated heterocycles. The van der Waals surface area contributed by atoms with E-state index < -0.39 is 18.0 Å². The van der Waals surface area contributed by atoms with Gasteiger partial charge in [0.15, 0.2) is 0 Å². The van der Waals surface area contributed by atoms with Gasteiger partial charge < -0.3 is 10.4 Å². The summed E-state index contributed by atoms with van der Waals surface area (Å²) in [4.78, 5) is 22.7. The van der Waals surface area contributed by atoms with Crippen molar-refractivity contribution in [2.75, 3.05) is 5.32 Å². The molecule has 0 aromatic carbocycles. The number of urea groups is 1. The average Bonchev–Trinajstić information content (AvgIpc) is 2.75. The lowest BCUT2D eigenvalue weighted by molar-refractivity contribution is -0.139. The van der Waals surface area contributed by atoms with Crippen molar-refractivity contribution in [1.29, 1.82) is 0 Å². The normalized spacial score (nSPS) is 12.2. The van der Waals surface area contributed by atoms with Gasteiger partial charge in [-0.3, -0.25) is 5.32 Å². The summed E-state index contributed by atoms with van der Waals surface area (Å²) in [6.45, 7) is 5.73. The van der Waals surface area contributed by atoms with E-state index in [1.807, 2.05) is 20.8 Å². The fourth-order valence-electron chi connectivity index (χ4n) is 1.43. The van der Waals surface area contributed by atoms with Gasteiger partial charge in [-0.1, -0.05) is 32.1 Å². The number of aryl methyl sites for hydroxylation is 1. The molecule has 1 atom stereocenters. The maximum Gasteiger partial charge on any atom is 0.326 e. The molecule has 1 rings (SSSR count). The van der Waals surface area contributed by atoms with Crippen LogP contribution >= 0.6 is 11.3 Å². The molecule has 7 nitrogen and oxygen atoms in total. The summed E-state index contributed by atoms with van der Waals surface area (Å²) in [6, 6.07) is -1.48. The molecule has 0 spiro atoms. The molecule has 19 heavy (non-hydrogen) atoms. The van der Waals surface area contributed by atoms with Gasteiger partial charge in [0.25, 0.3) is 0 Å². The van der Waals surface area contributed by atoms with Crippen molar-refractivity contribution in [3.63, 3.8) is 0 Å². The van der Waals surface area contributed by atoms with Crippen LogP contribution in [-0.4, -0.2) is 33.3 Å². The highest BCUT2D eigenvalue weighted by atomic mass is 32.1. The van der Waals surface area contributed by atoms with Gasteiger partial charge in [0.1, 0.15) is 11.0 Å². The maximum atomic E-state index is 11.7.